The summed E-state index contributed by atoms with van der Waals surface area (Å²) in [4.78, 5) is 1.42. The lowest BCUT2D eigenvalue weighted by Gasteiger charge is -1.82. The Morgan fingerprint density at radius 1 is 1.45 bits per heavy atom. The first-order valence-electron chi connectivity index (χ1n) is 3.47. The predicted molar refractivity (Wildman–Crippen MR) is 53.6 cm³/mol. The van der Waals surface area contributed by atoms with Gasteiger partial charge < -0.3 is 0 Å². The Bertz CT molecular complexity index is 339. The van der Waals surface area contributed by atoms with Crippen LogP contribution < -0.4 is 0 Å². The minimum Gasteiger partial charge on any atom is -0.143 e. The molecule has 11 heavy (non-hydrogen) atoms. The third-order valence-electron chi connectivity index (χ3n) is 1.54. The summed E-state index contributed by atoms with van der Waals surface area (Å²) in [6, 6.07) is 4.43. The Kier molecular flexibility index (Phi) is 1.80. The summed E-state index contributed by atoms with van der Waals surface area (Å²) in [6.45, 7) is 3.72. The molecule has 2 heteroatoms. The highest BCUT2D eigenvalue weighted by molar-refractivity contribution is 7.26. The van der Waals surface area contributed by atoms with E-state index >= 15 is 0 Å². The van der Waals surface area contributed by atoms with Crippen LogP contribution in [0.1, 0.15) is 4.88 Å². The smallest absolute Gasteiger partial charge is 0.0453 e. The minimum absolute atomic E-state index is 1.01. The van der Waals surface area contributed by atoms with Crippen molar-refractivity contribution in [3.05, 3.63) is 35.0 Å². The summed E-state index contributed by atoms with van der Waals surface area (Å²) < 4.78 is 2.82. The Hall–Kier alpha value is -0.600. The molecule has 0 radical (unpaired) electrons. The van der Waals surface area contributed by atoms with E-state index in [0.29, 0.717) is 0 Å². The van der Waals surface area contributed by atoms with Crippen LogP contribution in [-0.2, 0) is 6.42 Å². The van der Waals surface area contributed by atoms with Crippen LogP contribution in [0.5, 0.6) is 0 Å². The number of fused-ring (bicyclic) bond motifs is 1. The monoisotopic (exact) mass is 180 g/mol. The van der Waals surface area contributed by atoms with Crippen molar-refractivity contribution >= 4 is 32.1 Å². The molecule has 0 bridgehead atoms. The van der Waals surface area contributed by atoms with Crippen LogP contribution in [0.4, 0.5) is 0 Å². The van der Waals surface area contributed by atoms with Gasteiger partial charge >= 0.3 is 0 Å². The molecule has 0 N–H and O–H groups in total. The minimum atomic E-state index is 1.01. The van der Waals surface area contributed by atoms with Gasteiger partial charge in [-0.3, -0.25) is 0 Å². The molecule has 2 heterocycles. The van der Waals surface area contributed by atoms with Gasteiger partial charge in [-0.25, -0.2) is 0 Å². The highest BCUT2D eigenvalue weighted by Crippen LogP contribution is 2.30. The molecule has 0 atom stereocenters. The zero-order valence-electron chi connectivity index (χ0n) is 6.04. The van der Waals surface area contributed by atoms with Gasteiger partial charge in [0, 0.05) is 14.3 Å². The van der Waals surface area contributed by atoms with Crippen molar-refractivity contribution in [2.75, 3.05) is 0 Å². The first-order valence-corrected chi connectivity index (χ1v) is 5.16. The summed E-state index contributed by atoms with van der Waals surface area (Å²) >= 11 is 3.68. The fourth-order valence-corrected chi connectivity index (χ4v) is 3.19. The third kappa shape index (κ3) is 1.24. The van der Waals surface area contributed by atoms with Crippen LogP contribution in [0.25, 0.3) is 9.40 Å². The second kappa shape index (κ2) is 2.80. The molecule has 0 saturated heterocycles. The summed E-state index contributed by atoms with van der Waals surface area (Å²) in [7, 11) is 0. The molecule has 0 amide bonds. The molecule has 0 aliphatic carbocycles. The lowest BCUT2D eigenvalue weighted by molar-refractivity contribution is 1.36. The van der Waals surface area contributed by atoms with Crippen molar-refractivity contribution in [1.82, 2.24) is 0 Å². The van der Waals surface area contributed by atoms with E-state index in [1.54, 1.807) is 0 Å². The van der Waals surface area contributed by atoms with Gasteiger partial charge in [-0.15, -0.1) is 29.3 Å². The molecule has 0 aromatic carbocycles. The van der Waals surface area contributed by atoms with Gasteiger partial charge in [0.1, 0.15) is 0 Å². The average Bonchev–Trinajstić information content (AvgIpc) is 2.46. The van der Waals surface area contributed by atoms with Crippen LogP contribution in [0.3, 0.4) is 0 Å². The maximum Gasteiger partial charge on any atom is 0.0453 e. The van der Waals surface area contributed by atoms with E-state index in [1.807, 2.05) is 28.7 Å². The molecule has 0 saturated carbocycles. The Balaban J connectivity index is 2.49. The second-order valence-corrected chi connectivity index (χ2v) is 4.47. The first-order chi connectivity index (χ1) is 5.40. The molecule has 0 spiro atoms. The van der Waals surface area contributed by atoms with Crippen LogP contribution in [0, 0.1) is 0 Å². The molecular weight excluding hydrogens is 172 g/mol. The molecular formula is C9H8S2. The Morgan fingerprint density at radius 3 is 3.09 bits per heavy atom. The third-order valence-corrected chi connectivity index (χ3v) is 3.65. The van der Waals surface area contributed by atoms with E-state index < -0.39 is 0 Å². The molecule has 0 aliphatic rings. The van der Waals surface area contributed by atoms with E-state index in [1.165, 1.54) is 14.3 Å². The predicted octanol–water partition coefficient (Wildman–Crippen LogP) is 3.69. The molecule has 56 valence electrons. The van der Waals surface area contributed by atoms with Crippen LogP contribution in [0.15, 0.2) is 30.2 Å². The lowest BCUT2D eigenvalue weighted by Crippen LogP contribution is -1.67. The first kappa shape index (κ1) is 7.07. The molecule has 0 fully saturated rings. The summed E-state index contributed by atoms with van der Waals surface area (Å²) in [5, 5.41) is 2.14. The fourth-order valence-electron chi connectivity index (χ4n) is 1.06. The SMILES string of the molecule is C=CCc1cc2sccc2s1. The van der Waals surface area contributed by atoms with Crippen molar-refractivity contribution < 1.29 is 0 Å². The van der Waals surface area contributed by atoms with E-state index in [4.69, 9.17) is 0 Å². The normalized spacial score (nSPS) is 10.5. The summed E-state index contributed by atoms with van der Waals surface area (Å²) in [6.07, 6.45) is 2.96. The quantitative estimate of drug-likeness (QED) is 0.618. The van der Waals surface area contributed by atoms with Crippen molar-refractivity contribution in [2.45, 2.75) is 6.42 Å². The molecule has 2 aromatic rings. The highest BCUT2D eigenvalue weighted by atomic mass is 32.1. The van der Waals surface area contributed by atoms with Crippen LogP contribution in [-0.4, -0.2) is 0 Å². The van der Waals surface area contributed by atoms with E-state index in [2.05, 4.69) is 24.1 Å². The highest BCUT2D eigenvalue weighted by Gasteiger charge is 1.99. The fraction of sp³-hybridized carbons (Fsp3) is 0.111. The number of hydrogen-bond donors (Lipinski definition) is 0. The van der Waals surface area contributed by atoms with Crippen molar-refractivity contribution in [3.8, 4) is 0 Å². The maximum atomic E-state index is 3.72. The summed E-state index contributed by atoms with van der Waals surface area (Å²) in [5.41, 5.74) is 0. The van der Waals surface area contributed by atoms with Crippen LogP contribution in [0.2, 0.25) is 0 Å². The second-order valence-electron chi connectivity index (χ2n) is 2.35. The van der Waals surface area contributed by atoms with Gasteiger partial charge in [-0.05, 0) is 23.9 Å². The molecule has 0 nitrogen and oxygen atoms in total. The van der Waals surface area contributed by atoms with Crippen molar-refractivity contribution in [3.63, 3.8) is 0 Å². The number of allylic oxidation sites excluding steroid dienone is 1. The van der Waals surface area contributed by atoms with Crippen LogP contribution >= 0.6 is 22.7 Å². The number of thiophene rings is 2. The van der Waals surface area contributed by atoms with Gasteiger partial charge in [-0.2, -0.15) is 0 Å². The van der Waals surface area contributed by atoms with E-state index in [0.717, 1.165) is 6.42 Å². The van der Waals surface area contributed by atoms with Gasteiger partial charge in [0.2, 0.25) is 0 Å². The van der Waals surface area contributed by atoms with E-state index in [-0.39, 0.29) is 0 Å². The molecule has 2 aromatic heterocycles. The van der Waals surface area contributed by atoms with Crippen molar-refractivity contribution in [2.24, 2.45) is 0 Å². The van der Waals surface area contributed by atoms with E-state index in [9.17, 15) is 0 Å². The number of rotatable bonds is 2. The number of hydrogen-bond acceptors (Lipinski definition) is 2. The zero-order valence-corrected chi connectivity index (χ0v) is 7.67. The maximum absolute atomic E-state index is 3.72. The van der Waals surface area contributed by atoms with Crippen molar-refractivity contribution in [1.29, 1.82) is 0 Å². The average molecular weight is 180 g/mol. The lowest BCUT2D eigenvalue weighted by atomic mass is 10.3. The summed E-state index contributed by atoms with van der Waals surface area (Å²) in [5.74, 6) is 0. The topological polar surface area (TPSA) is 0 Å². The van der Waals surface area contributed by atoms with Gasteiger partial charge in [0.15, 0.2) is 0 Å². The van der Waals surface area contributed by atoms with Gasteiger partial charge in [-0.1, -0.05) is 6.08 Å². The molecule has 2 rings (SSSR count). The molecule has 0 unspecified atom stereocenters. The van der Waals surface area contributed by atoms with Gasteiger partial charge in [0.05, 0.1) is 0 Å². The van der Waals surface area contributed by atoms with Gasteiger partial charge in [0.25, 0.3) is 0 Å². The zero-order chi connectivity index (χ0) is 7.68. The Morgan fingerprint density at radius 2 is 2.36 bits per heavy atom. The molecule has 0 aliphatic heterocycles. The standard InChI is InChI=1S/C9H8S2/c1-2-3-7-6-9-8(11-7)4-5-10-9/h2,4-6H,1,3H2. The Labute approximate surface area is 73.8 Å². The largest absolute Gasteiger partial charge is 0.143 e.